The van der Waals surface area contributed by atoms with Gasteiger partial charge in [0.15, 0.2) is 34.7 Å². The Morgan fingerprint density at radius 3 is 0.652 bits per heavy atom. The second kappa shape index (κ2) is 45.9. The van der Waals surface area contributed by atoms with Crippen molar-refractivity contribution in [2.45, 2.75) is 332 Å². The molecule has 0 aromatic rings. The molecule has 12 aliphatic heterocycles. The van der Waals surface area contributed by atoms with Crippen molar-refractivity contribution in [3.8, 4) is 0 Å². The smallest absolute Gasteiger partial charge is 0.306 e. The van der Waals surface area contributed by atoms with Gasteiger partial charge in [-0.05, 0) is 94.9 Å². The third kappa shape index (κ3) is 31.1. The molecule has 6 N–H and O–H groups in total. The molecule has 12 aliphatic rings. The summed E-state index contributed by atoms with van der Waals surface area (Å²) in [6, 6.07) is 0. The van der Waals surface area contributed by atoms with Gasteiger partial charge in [-0.2, -0.15) is 0 Å². The fraction of sp³-hybridized carbons (Fsp3) is 0.922. The number of rotatable bonds is 24. The highest BCUT2D eigenvalue weighted by Gasteiger charge is 2.53. The van der Waals surface area contributed by atoms with Crippen LogP contribution in [0, 0.1) is 11.8 Å². The highest BCUT2D eigenvalue weighted by atomic mass is 16.8. The van der Waals surface area contributed by atoms with E-state index in [2.05, 4.69) is 32.4 Å². The van der Waals surface area contributed by atoms with E-state index in [0.717, 1.165) is 12.8 Å². The first-order chi connectivity index (χ1) is 52.8. The summed E-state index contributed by atoms with van der Waals surface area (Å²) in [4.78, 5) is 66.2. The van der Waals surface area contributed by atoms with E-state index in [1.807, 2.05) is 13.8 Å². The molecule has 35 nitrogen and oxygen atoms in total. The topological polar surface area (TPSA) is 436 Å². The summed E-state index contributed by atoms with van der Waals surface area (Å²) in [7, 11) is 0. The third-order valence-corrected chi connectivity index (χ3v) is 19.9. The molecule has 12 heterocycles. The molecular weight excluding hydrogens is 1480 g/mol. The Kier molecular flexibility index (Phi) is 39.7. The van der Waals surface area contributed by atoms with Gasteiger partial charge >= 0.3 is 29.8 Å². The molecule has 3 unspecified atom stereocenters. The van der Waals surface area contributed by atoms with E-state index in [4.69, 9.17) is 104 Å². The number of ketones is 1. The molecule has 650 valence electrons. The Morgan fingerprint density at radius 2 is 0.473 bits per heavy atom. The van der Waals surface area contributed by atoms with Crippen LogP contribution in [0.5, 0.6) is 0 Å². The van der Waals surface area contributed by atoms with Crippen LogP contribution in [-0.4, -0.2) is 323 Å². The number of carbonyl (C=O) groups excluding carboxylic acids is 6. The van der Waals surface area contributed by atoms with Crippen LogP contribution in [0.15, 0.2) is 0 Å². The second-order valence-corrected chi connectivity index (χ2v) is 31.2. The van der Waals surface area contributed by atoms with Gasteiger partial charge in [0.25, 0.3) is 0 Å². The van der Waals surface area contributed by atoms with E-state index < -0.39 is 71.3 Å². The SMILES string of the molecule is CC(C)CC1(C)OC[C@@H]2OC[C@@H](O)[C@@H]2O1.CC(C)CC1(C)OC[C@H]2OC[C@H](O)[C@H]2O1.CCOC(=O)CCC(C)=O.CCOC(=O)CC[C@@]1(C)OC[C@@H]2OC[C@@H](O)[C@@H]2O1.CCOC(=O)CC[C@@]1(C)OC[C@H]2OC[C@H](O)[C@H]2O1.CCOC(=O)CC[C@]1(C)OC[C@@H]2OC[C@@H](O)C2O1.CCOC(=O)CC[C@]1(C)OC[C@H]2OC[C@H](O)[C@H]2O1. The van der Waals surface area contributed by atoms with Crippen molar-refractivity contribution in [1.82, 2.24) is 0 Å². The van der Waals surface area contributed by atoms with Gasteiger partial charge in [-0.25, -0.2) is 0 Å². The van der Waals surface area contributed by atoms with Gasteiger partial charge in [0.2, 0.25) is 0 Å². The molecule has 112 heavy (non-hydrogen) atoms. The van der Waals surface area contributed by atoms with Crippen LogP contribution < -0.4 is 0 Å². The van der Waals surface area contributed by atoms with Crippen LogP contribution in [0.2, 0.25) is 0 Å². The minimum Gasteiger partial charge on any atom is -0.466 e. The number of Topliss-reactive ketones (excluding diaryl/α,β-unsaturated/α-hetero) is 1. The monoisotopic (exact) mass is 1620 g/mol. The van der Waals surface area contributed by atoms with E-state index in [-0.39, 0.29) is 167 Å². The Hall–Kier alpha value is -3.94. The van der Waals surface area contributed by atoms with Crippen molar-refractivity contribution in [3.05, 3.63) is 0 Å². The van der Waals surface area contributed by atoms with Crippen LogP contribution in [0.4, 0.5) is 0 Å². The van der Waals surface area contributed by atoms with Gasteiger partial charge in [0.1, 0.15) is 116 Å². The molecule has 0 saturated carbocycles. The minimum atomic E-state index is -0.859. The zero-order valence-electron chi connectivity index (χ0n) is 68.6. The summed E-state index contributed by atoms with van der Waals surface area (Å²) < 4.78 is 124. The van der Waals surface area contributed by atoms with Crippen molar-refractivity contribution in [3.63, 3.8) is 0 Å². The predicted molar refractivity (Wildman–Crippen MR) is 389 cm³/mol. The van der Waals surface area contributed by atoms with Gasteiger partial charge in [0, 0.05) is 44.9 Å². The van der Waals surface area contributed by atoms with Gasteiger partial charge in [-0.1, -0.05) is 27.7 Å². The molecule has 0 amide bonds. The lowest BCUT2D eigenvalue weighted by Crippen LogP contribution is -2.51. The lowest BCUT2D eigenvalue weighted by molar-refractivity contribution is -0.314. The molecular formula is C77H132O35. The molecule has 0 bridgehead atoms. The Bertz CT molecular complexity index is 2550. The van der Waals surface area contributed by atoms with E-state index in [1.54, 1.807) is 62.3 Å². The van der Waals surface area contributed by atoms with Crippen molar-refractivity contribution in [2.75, 3.05) is 112 Å². The molecule has 0 aliphatic carbocycles. The van der Waals surface area contributed by atoms with Crippen LogP contribution >= 0.6 is 0 Å². The lowest BCUT2D eigenvalue weighted by Gasteiger charge is -2.41. The summed E-state index contributed by atoms with van der Waals surface area (Å²) in [5.41, 5.74) is 0. The number of hydrogen-bond donors (Lipinski definition) is 6. The van der Waals surface area contributed by atoms with Crippen molar-refractivity contribution in [1.29, 1.82) is 0 Å². The predicted octanol–water partition coefficient (Wildman–Crippen LogP) is 3.65. The zero-order chi connectivity index (χ0) is 82.8. The maximum Gasteiger partial charge on any atom is 0.306 e. The number of hydrogen-bond acceptors (Lipinski definition) is 35. The second-order valence-electron chi connectivity index (χ2n) is 31.2. The number of aliphatic hydroxyl groups is 6. The molecule has 0 aromatic carbocycles. The molecule has 0 aromatic heterocycles. The lowest BCUT2D eigenvalue weighted by atomic mass is 10.0. The van der Waals surface area contributed by atoms with Crippen LogP contribution in [0.3, 0.4) is 0 Å². The molecule has 12 fully saturated rings. The molecule has 12 rings (SSSR count). The van der Waals surface area contributed by atoms with E-state index in [1.165, 1.54) is 6.92 Å². The van der Waals surface area contributed by atoms with Crippen molar-refractivity contribution < 1.29 is 168 Å². The average molecular weight is 1620 g/mol. The molecule has 24 atom stereocenters. The maximum atomic E-state index is 11.3. The van der Waals surface area contributed by atoms with E-state index in [0.29, 0.717) is 130 Å². The Labute approximate surface area is 658 Å². The van der Waals surface area contributed by atoms with Gasteiger partial charge in [0.05, 0.1) is 144 Å². The number of carbonyl (C=O) groups is 6. The van der Waals surface area contributed by atoms with E-state index in [9.17, 15) is 59.4 Å². The number of aliphatic hydroxyl groups excluding tert-OH is 6. The largest absolute Gasteiger partial charge is 0.466 e. The van der Waals surface area contributed by atoms with Gasteiger partial charge < -0.3 is 144 Å². The fourth-order valence-electron chi connectivity index (χ4n) is 14.2. The standard InChI is InChI=1S/4C12H20O6.2C11H20O4.C7H12O3/c4*1-3-15-10(14)4-5-12(2)17-7-9-11(18-12)8(13)6-16-9;2*1-7(2)4-11(3)14-6-9-10(15-11)8(12)5-13-9;1-3-10-7(9)5-4-6(2)8/h4*8-9,11,13H,3-7H2,1-2H3;2*7-10,12H,4-6H2,1-3H3;3-5H2,1-2H3/t8-,9+,11?,12-;2*8-,9+,11+,12+;8-,9+,11+,12-;2*8-,9+,10+,11?;/m110010./s1. The Morgan fingerprint density at radius 1 is 0.295 bits per heavy atom. The highest BCUT2D eigenvalue weighted by Crippen LogP contribution is 2.40. The summed E-state index contributed by atoms with van der Waals surface area (Å²) >= 11 is 0. The molecule has 35 heteroatoms. The van der Waals surface area contributed by atoms with E-state index >= 15 is 0 Å². The molecule has 0 spiro atoms. The first-order valence-corrected chi connectivity index (χ1v) is 39.8. The van der Waals surface area contributed by atoms with Crippen molar-refractivity contribution >= 4 is 35.6 Å². The normalized spacial score (nSPS) is 38.4. The maximum absolute atomic E-state index is 11.3. The average Bonchev–Trinajstić information content (AvgIpc) is 1.63. The summed E-state index contributed by atoms with van der Waals surface area (Å²) in [5, 5.41) is 58.3. The Balaban J connectivity index is 0.000000205. The summed E-state index contributed by atoms with van der Waals surface area (Å²) in [6.07, 6.45) is -1.74. The number of esters is 5. The molecule has 12 saturated heterocycles. The van der Waals surface area contributed by atoms with Crippen LogP contribution in [0.25, 0.3) is 0 Å². The third-order valence-electron chi connectivity index (χ3n) is 19.9. The first-order valence-electron chi connectivity index (χ1n) is 39.8. The number of ether oxygens (including phenoxy) is 23. The van der Waals surface area contributed by atoms with Crippen LogP contribution in [-0.2, 0) is 138 Å². The van der Waals surface area contributed by atoms with Crippen molar-refractivity contribution in [2.24, 2.45) is 11.8 Å². The highest BCUT2D eigenvalue weighted by molar-refractivity contribution is 5.81. The van der Waals surface area contributed by atoms with Crippen LogP contribution in [0.1, 0.15) is 188 Å². The zero-order valence-corrected chi connectivity index (χ0v) is 68.6. The summed E-state index contributed by atoms with van der Waals surface area (Å²) in [6.45, 7) is 36.0. The first kappa shape index (κ1) is 96.9. The fourth-order valence-corrected chi connectivity index (χ4v) is 14.2. The number of fused-ring (bicyclic) bond motifs is 6. The van der Waals surface area contributed by atoms with Gasteiger partial charge in [-0.15, -0.1) is 0 Å². The summed E-state index contributed by atoms with van der Waals surface area (Å²) in [5.74, 6) is -4.90. The van der Waals surface area contributed by atoms with Gasteiger partial charge in [-0.3, -0.25) is 24.0 Å². The molecule has 0 radical (unpaired) electrons. The quantitative estimate of drug-likeness (QED) is 0.0593. The minimum absolute atomic E-state index is 0.0213.